The lowest BCUT2D eigenvalue weighted by Crippen LogP contribution is -2.30. The molecule has 2 saturated heterocycles. The maximum atomic E-state index is 5.88. The molecular formula is C18H23ClN6. The fraction of sp³-hybridized carbons (Fsp3) is 0.556. The van der Waals surface area contributed by atoms with E-state index in [0.29, 0.717) is 16.9 Å². The summed E-state index contributed by atoms with van der Waals surface area (Å²) in [7, 11) is 0. The molecule has 132 valence electrons. The highest BCUT2D eigenvalue weighted by Gasteiger charge is 2.41. The topological polar surface area (TPSA) is 58.0 Å². The van der Waals surface area contributed by atoms with Crippen molar-refractivity contribution < 1.29 is 0 Å². The van der Waals surface area contributed by atoms with Crippen LogP contribution in [0, 0.1) is 11.8 Å². The quantitative estimate of drug-likeness (QED) is 0.822. The first-order valence-electron chi connectivity index (χ1n) is 8.70. The first-order chi connectivity index (χ1) is 11.9. The molecule has 4 rings (SSSR count). The Balaban J connectivity index is 1.45. The van der Waals surface area contributed by atoms with Crippen LogP contribution in [0.3, 0.4) is 0 Å². The minimum atomic E-state index is 0.0377. The lowest BCUT2D eigenvalue weighted by atomic mass is 9.92. The monoisotopic (exact) mass is 358 g/mol. The maximum absolute atomic E-state index is 5.88. The highest BCUT2D eigenvalue weighted by molar-refractivity contribution is 6.30. The summed E-state index contributed by atoms with van der Waals surface area (Å²) in [5.41, 5.74) is 1.13. The first kappa shape index (κ1) is 16.5. The Morgan fingerprint density at radius 3 is 2.12 bits per heavy atom. The standard InChI is InChI=1S/C18H23ClN6/c1-18(2,3)15-4-16(23-11-22-15)24-7-12-9-25(10-13(12)8-24)17-20-5-14(19)6-21-17/h4-6,11-13H,7-10H2,1-3H3. The molecule has 0 radical (unpaired) electrons. The van der Waals surface area contributed by atoms with E-state index in [9.17, 15) is 0 Å². The number of hydrogen-bond donors (Lipinski definition) is 0. The highest BCUT2D eigenvalue weighted by atomic mass is 35.5. The van der Waals surface area contributed by atoms with Crippen LogP contribution in [0.25, 0.3) is 0 Å². The Hall–Kier alpha value is -1.95. The molecule has 25 heavy (non-hydrogen) atoms. The van der Waals surface area contributed by atoms with Crippen molar-refractivity contribution in [3.05, 3.63) is 35.5 Å². The van der Waals surface area contributed by atoms with Crippen molar-refractivity contribution >= 4 is 23.4 Å². The lowest BCUT2D eigenvalue weighted by Gasteiger charge is -2.24. The molecule has 2 aromatic rings. The van der Waals surface area contributed by atoms with Crippen molar-refractivity contribution in [1.82, 2.24) is 19.9 Å². The molecule has 2 atom stereocenters. The van der Waals surface area contributed by atoms with Crippen LogP contribution in [0.4, 0.5) is 11.8 Å². The van der Waals surface area contributed by atoms with E-state index in [1.165, 1.54) is 0 Å². The van der Waals surface area contributed by atoms with Gasteiger partial charge in [0.2, 0.25) is 5.95 Å². The molecule has 2 aliphatic rings. The molecule has 0 amide bonds. The third-order valence-electron chi connectivity index (χ3n) is 5.12. The van der Waals surface area contributed by atoms with Gasteiger partial charge in [0.05, 0.1) is 23.1 Å². The van der Waals surface area contributed by atoms with Gasteiger partial charge in [-0.15, -0.1) is 0 Å². The smallest absolute Gasteiger partial charge is 0.225 e. The highest BCUT2D eigenvalue weighted by Crippen LogP contribution is 2.35. The van der Waals surface area contributed by atoms with E-state index in [1.54, 1.807) is 18.7 Å². The Bertz CT molecular complexity index is 743. The summed E-state index contributed by atoms with van der Waals surface area (Å²) in [5, 5.41) is 0.577. The first-order valence-corrected chi connectivity index (χ1v) is 9.08. The van der Waals surface area contributed by atoms with Crippen LogP contribution >= 0.6 is 11.6 Å². The molecule has 0 aromatic carbocycles. The van der Waals surface area contributed by atoms with Gasteiger partial charge in [0.1, 0.15) is 12.1 Å². The van der Waals surface area contributed by atoms with Crippen LogP contribution < -0.4 is 9.80 Å². The third-order valence-corrected chi connectivity index (χ3v) is 5.32. The van der Waals surface area contributed by atoms with Crippen LogP contribution in [-0.4, -0.2) is 46.1 Å². The van der Waals surface area contributed by atoms with Crippen molar-refractivity contribution in [2.24, 2.45) is 11.8 Å². The van der Waals surface area contributed by atoms with Gasteiger partial charge in [-0.05, 0) is 0 Å². The van der Waals surface area contributed by atoms with E-state index in [0.717, 1.165) is 43.6 Å². The molecule has 0 N–H and O–H groups in total. The molecule has 0 saturated carbocycles. The van der Waals surface area contributed by atoms with Crippen LogP contribution in [0.15, 0.2) is 24.8 Å². The lowest BCUT2D eigenvalue weighted by molar-refractivity contribution is 0.533. The average Bonchev–Trinajstić information content (AvgIpc) is 3.14. The summed E-state index contributed by atoms with van der Waals surface area (Å²) >= 11 is 5.88. The fourth-order valence-corrected chi connectivity index (χ4v) is 3.84. The van der Waals surface area contributed by atoms with Gasteiger partial charge in [-0.1, -0.05) is 32.4 Å². The summed E-state index contributed by atoms with van der Waals surface area (Å²) in [6.07, 6.45) is 5.02. The molecule has 2 aromatic heterocycles. The third kappa shape index (κ3) is 3.27. The minimum absolute atomic E-state index is 0.0377. The summed E-state index contributed by atoms with van der Waals surface area (Å²) < 4.78 is 0. The molecule has 2 fully saturated rings. The molecule has 7 heteroatoms. The number of fused-ring (bicyclic) bond motifs is 1. The fourth-order valence-electron chi connectivity index (χ4n) is 3.74. The van der Waals surface area contributed by atoms with Crippen molar-refractivity contribution in [3.8, 4) is 0 Å². The van der Waals surface area contributed by atoms with E-state index >= 15 is 0 Å². The Morgan fingerprint density at radius 2 is 1.52 bits per heavy atom. The molecule has 0 aliphatic carbocycles. The Morgan fingerprint density at radius 1 is 0.920 bits per heavy atom. The second-order valence-corrected chi connectivity index (χ2v) is 8.48. The van der Waals surface area contributed by atoms with Crippen LogP contribution in [0.5, 0.6) is 0 Å². The van der Waals surface area contributed by atoms with Crippen molar-refractivity contribution in [3.63, 3.8) is 0 Å². The van der Waals surface area contributed by atoms with Gasteiger partial charge in [-0.2, -0.15) is 0 Å². The number of anilines is 2. The Kier molecular flexibility index (Phi) is 4.02. The van der Waals surface area contributed by atoms with Crippen molar-refractivity contribution in [2.45, 2.75) is 26.2 Å². The van der Waals surface area contributed by atoms with Crippen LogP contribution in [0.1, 0.15) is 26.5 Å². The maximum Gasteiger partial charge on any atom is 0.225 e. The predicted molar refractivity (Wildman–Crippen MR) is 99.2 cm³/mol. The molecule has 2 aliphatic heterocycles. The zero-order valence-electron chi connectivity index (χ0n) is 14.9. The van der Waals surface area contributed by atoms with Gasteiger partial charge in [-0.3, -0.25) is 0 Å². The zero-order chi connectivity index (χ0) is 17.6. The second kappa shape index (κ2) is 6.09. The van der Waals surface area contributed by atoms with Gasteiger partial charge < -0.3 is 9.80 Å². The summed E-state index contributed by atoms with van der Waals surface area (Å²) in [6, 6.07) is 2.14. The number of hydrogen-bond acceptors (Lipinski definition) is 6. The van der Waals surface area contributed by atoms with Gasteiger partial charge in [0.15, 0.2) is 0 Å². The number of nitrogens with zero attached hydrogens (tertiary/aromatic N) is 6. The average molecular weight is 359 g/mol. The Labute approximate surface area is 153 Å². The molecule has 4 heterocycles. The molecule has 0 spiro atoms. The number of halogens is 1. The number of rotatable bonds is 2. The number of aromatic nitrogens is 4. The normalized spacial score (nSPS) is 23.2. The van der Waals surface area contributed by atoms with E-state index in [2.05, 4.69) is 56.6 Å². The van der Waals surface area contributed by atoms with Crippen molar-refractivity contribution in [1.29, 1.82) is 0 Å². The molecular weight excluding hydrogens is 336 g/mol. The molecule has 6 nitrogen and oxygen atoms in total. The van der Waals surface area contributed by atoms with Crippen molar-refractivity contribution in [2.75, 3.05) is 36.0 Å². The van der Waals surface area contributed by atoms with Gasteiger partial charge in [-0.25, -0.2) is 19.9 Å². The van der Waals surface area contributed by atoms with Crippen LogP contribution in [-0.2, 0) is 5.41 Å². The molecule has 2 unspecified atom stereocenters. The molecule has 0 bridgehead atoms. The van der Waals surface area contributed by atoms with Gasteiger partial charge in [0.25, 0.3) is 0 Å². The van der Waals surface area contributed by atoms with Gasteiger partial charge in [0, 0.05) is 49.5 Å². The zero-order valence-corrected chi connectivity index (χ0v) is 15.6. The summed E-state index contributed by atoms with van der Waals surface area (Å²) in [5.74, 6) is 3.06. The van der Waals surface area contributed by atoms with E-state index in [-0.39, 0.29) is 5.41 Å². The minimum Gasteiger partial charge on any atom is -0.356 e. The van der Waals surface area contributed by atoms with Crippen LogP contribution in [0.2, 0.25) is 5.02 Å². The summed E-state index contributed by atoms with van der Waals surface area (Å²) in [6.45, 7) is 10.6. The SMILES string of the molecule is CC(C)(C)c1cc(N2CC3CN(c4ncc(Cl)cn4)CC3C2)ncn1. The van der Waals surface area contributed by atoms with Gasteiger partial charge >= 0.3 is 0 Å². The van der Waals surface area contributed by atoms with E-state index in [1.807, 2.05) is 0 Å². The predicted octanol–water partition coefficient (Wildman–Crippen LogP) is 2.79. The van der Waals surface area contributed by atoms with E-state index in [4.69, 9.17) is 11.6 Å². The van der Waals surface area contributed by atoms with E-state index < -0.39 is 0 Å². The second-order valence-electron chi connectivity index (χ2n) is 8.04. The summed E-state index contributed by atoms with van der Waals surface area (Å²) in [4.78, 5) is 22.3. The largest absolute Gasteiger partial charge is 0.356 e.